The van der Waals surface area contributed by atoms with Gasteiger partial charge in [0.1, 0.15) is 0 Å². The van der Waals surface area contributed by atoms with Gasteiger partial charge in [0.05, 0.1) is 32.7 Å². The lowest BCUT2D eigenvalue weighted by Crippen LogP contribution is -2.02. The van der Waals surface area contributed by atoms with E-state index in [-0.39, 0.29) is 5.78 Å². The third-order valence-electron chi connectivity index (χ3n) is 2.61. The van der Waals surface area contributed by atoms with Gasteiger partial charge in [0.15, 0.2) is 17.3 Å². The molecule has 0 fully saturated rings. The second-order valence-electron chi connectivity index (χ2n) is 3.64. The molecule has 1 aromatic rings. The average Bonchev–Trinajstić information content (AvgIpc) is 2.51. The van der Waals surface area contributed by atoms with Crippen molar-refractivity contribution < 1.29 is 19.0 Å². The quantitative estimate of drug-likeness (QED) is 0.581. The molecular formula is C13H14O4. The number of Topliss-reactive ketones (excluding diaryl/α,β-unsaturated/α-hetero) is 1. The molecule has 1 aromatic carbocycles. The molecule has 0 unspecified atom stereocenters. The maximum Gasteiger partial charge on any atom is 0.196 e. The van der Waals surface area contributed by atoms with Gasteiger partial charge < -0.3 is 14.2 Å². The fourth-order valence-corrected chi connectivity index (χ4v) is 1.81. The van der Waals surface area contributed by atoms with Crippen LogP contribution < -0.4 is 9.47 Å². The molecule has 4 heteroatoms. The molecule has 0 spiro atoms. The average molecular weight is 234 g/mol. The zero-order chi connectivity index (χ0) is 12.3. The summed E-state index contributed by atoms with van der Waals surface area (Å²) in [5, 5.41) is 0. The first-order valence-electron chi connectivity index (χ1n) is 5.34. The zero-order valence-corrected chi connectivity index (χ0v) is 9.86. The van der Waals surface area contributed by atoms with E-state index in [4.69, 9.17) is 14.2 Å². The Balaban J connectivity index is 2.49. The Morgan fingerprint density at radius 3 is 2.88 bits per heavy atom. The number of benzene rings is 1. The number of hydrogen-bond acceptors (Lipinski definition) is 4. The summed E-state index contributed by atoms with van der Waals surface area (Å²) in [6.07, 6.45) is 2.00. The molecule has 1 heterocycles. The lowest BCUT2D eigenvalue weighted by molar-refractivity contribution is 0.102. The monoisotopic (exact) mass is 234 g/mol. The molecule has 2 rings (SSSR count). The van der Waals surface area contributed by atoms with Crippen LogP contribution in [0.1, 0.15) is 16.8 Å². The summed E-state index contributed by atoms with van der Waals surface area (Å²) in [4.78, 5) is 12.2. The summed E-state index contributed by atoms with van der Waals surface area (Å²) in [5.74, 6) is 1.02. The molecule has 1 aliphatic rings. The predicted octanol–water partition coefficient (Wildman–Crippen LogP) is 2.19. The van der Waals surface area contributed by atoms with E-state index in [1.54, 1.807) is 25.3 Å². The minimum absolute atomic E-state index is 0.0711. The second kappa shape index (κ2) is 4.91. The first-order chi connectivity index (χ1) is 8.27. The van der Waals surface area contributed by atoms with Gasteiger partial charge in [-0.2, -0.15) is 0 Å². The Hall–Kier alpha value is -1.97. The number of fused-ring (bicyclic) bond motifs is 1. The van der Waals surface area contributed by atoms with Crippen molar-refractivity contribution in [1.29, 1.82) is 0 Å². The highest BCUT2D eigenvalue weighted by atomic mass is 16.5. The van der Waals surface area contributed by atoms with Gasteiger partial charge in [0.2, 0.25) is 0 Å². The molecule has 90 valence electrons. The van der Waals surface area contributed by atoms with Crippen LogP contribution in [0.25, 0.3) is 0 Å². The predicted molar refractivity (Wildman–Crippen MR) is 62.5 cm³/mol. The molecule has 0 aliphatic carbocycles. The Bertz CT molecular complexity index is 462. The number of para-hydroxylation sites is 1. The SMILES string of the molecule is CO/C=C1/CCOc2c(OC)cccc2C1=O. The van der Waals surface area contributed by atoms with E-state index in [1.165, 1.54) is 13.4 Å². The van der Waals surface area contributed by atoms with Gasteiger partial charge in [-0.05, 0) is 12.1 Å². The smallest absolute Gasteiger partial charge is 0.196 e. The maximum absolute atomic E-state index is 12.2. The fraction of sp³-hybridized carbons (Fsp3) is 0.308. The molecule has 4 nitrogen and oxygen atoms in total. The van der Waals surface area contributed by atoms with Gasteiger partial charge in [-0.3, -0.25) is 4.79 Å². The normalized spacial score (nSPS) is 17.1. The van der Waals surface area contributed by atoms with Gasteiger partial charge >= 0.3 is 0 Å². The van der Waals surface area contributed by atoms with E-state index in [2.05, 4.69) is 0 Å². The van der Waals surface area contributed by atoms with Crippen LogP contribution in [0.2, 0.25) is 0 Å². The van der Waals surface area contributed by atoms with Crippen LogP contribution >= 0.6 is 0 Å². The maximum atomic E-state index is 12.2. The van der Waals surface area contributed by atoms with Crippen LogP contribution in [0.15, 0.2) is 30.0 Å². The molecule has 0 saturated carbocycles. The Labute approximate surface area is 99.8 Å². The molecule has 0 saturated heterocycles. The molecule has 0 radical (unpaired) electrons. The molecule has 0 amide bonds. The van der Waals surface area contributed by atoms with Gasteiger partial charge in [-0.1, -0.05) is 6.07 Å². The van der Waals surface area contributed by atoms with Crippen molar-refractivity contribution >= 4 is 5.78 Å². The van der Waals surface area contributed by atoms with Crippen LogP contribution in [-0.4, -0.2) is 26.6 Å². The molecule has 1 aliphatic heterocycles. The van der Waals surface area contributed by atoms with Gasteiger partial charge in [-0.15, -0.1) is 0 Å². The third-order valence-corrected chi connectivity index (χ3v) is 2.61. The molecule has 17 heavy (non-hydrogen) atoms. The molecule has 0 bridgehead atoms. The lowest BCUT2D eigenvalue weighted by atomic mass is 10.0. The van der Waals surface area contributed by atoms with Gasteiger partial charge in [0.25, 0.3) is 0 Å². The van der Waals surface area contributed by atoms with Crippen molar-refractivity contribution in [1.82, 2.24) is 0 Å². The van der Waals surface area contributed by atoms with Crippen LogP contribution in [0.5, 0.6) is 11.5 Å². The van der Waals surface area contributed by atoms with E-state index in [9.17, 15) is 4.79 Å². The van der Waals surface area contributed by atoms with Crippen molar-refractivity contribution in [3.63, 3.8) is 0 Å². The van der Waals surface area contributed by atoms with Crippen LogP contribution in [0.3, 0.4) is 0 Å². The van der Waals surface area contributed by atoms with E-state index >= 15 is 0 Å². The highest BCUT2D eigenvalue weighted by molar-refractivity contribution is 6.11. The zero-order valence-electron chi connectivity index (χ0n) is 9.86. The van der Waals surface area contributed by atoms with Crippen molar-refractivity contribution in [2.75, 3.05) is 20.8 Å². The Morgan fingerprint density at radius 1 is 1.35 bits per heavy atom. The van der Waals surface area contributed by atoms with E-state index < -0.39 is 0 Å². The third kappa shape index (κ3) is 2.11. The second-order valence-corrected chi connectivity index (χ2v) is 3.64. The molecule has 0 N–H and O–H groups in total. The number of carbonyl (C=O) groups is 1. The van der Waals surface area contributed by atoms with E-state index in [0.717, 1.165) is 0 Å². The van der Waals surface area contributed by atoms with Crippen molar-refractivity contribution in [3.05, 3.63) is 35.6 Å². The van der Waals surface area contributed by atoms with Crippen LogP contribution in [0.4, 0.5) is 0 Å². The van der Waals surface area contributed by atoms with E-state index in [1.807, 2.05) is 0 Å². The number of ketones is 1. The number of methoxy groups -OCH3 is 2. The Kier molecular flexibility index (Phi) is 3.32. The number of carbonyl (C=O) groups excluding carboxylic acids is 1. The molecule has 0 atom stereocenters. The topological polar surface area (TPSA) is 44.8 Å². The number of rotatable bonds is 2. The summed E-state index contributed by atoms with van der Waals surface area (Å²) < 4.78 is 15.7. The summed E-state index contributed by atoms with van der Waals surface area (Å²) in [7, 11) is 3.08. The van der Waals surface area contributed by atoms with Gasteiger partial charge in [0, 0.05) is 12.0 Å². The summed E-state index contributed by atoms with van der Waals surface area (Å²) in [5.41, 5.74) is 1.13. The number of hydrogen-bond donors (Lipinski definition) is 0. The fourth-order valence-electron chi connectivity index (χ4n) is 1.81. The summed E-state index contributed by atoms with van der Waals surface area (Å²) >= 11 is 0. The first-order valence-corrected chi connectivity index (χ1v) is 5.34. The highest BCUT2D eigenvalue weighted by Crippen LogP contribution is 2.35. The van der Waals surface area contributed by atoms with Crippen LogP contribution in [0, 0.1) is 0 Å². The largest absolute Gasteiger partial charge is 0.504 e. The van der Waals surface area contributed by atoms with Crippen molar-refractivity contribution in [3.8, 4) is 11.5 Å². The van der Waals surface area contributed by atoms with Crippen molar-refractivity contribution in [2.45, 2.75) is 6.42 Å². The molecule has 0 aromatic heterocycles. The summed E-state index contributed by atoms with van der Waals surface area (Å²) in [6.45, 7) is 0.439. The molecular weight excluding hydrogens is 220 g/mol. The van der Waals surface area contributed by atoms with Crippen LogP contribution in [-0.2, 0) is 4.74 Å². The van der Waals surface area contributed by atoms with E-state index in [0.29, 0.717) is 35.7 Å². The number of ether oxygens (including phenoxy) is 3. The van der Waals surface area contributed by atoms with Crippen molar-refractivity contribution in [2.24, 2.45) is 0 Å². The summed E-state index contributed by atoms with van der Waals surface area (Å²) in [6, 6.07) is 5.28. The first kappa shape index (κ1) is 11.5. The Morgan fingerprint density at radius 2 is 2.18 bits per heavy atom. The standard InChI is InChI=1S/C13H14O4/c1-15-8-9-6-7-17-13-10(12(9)14)4-3-5-11(13)16-2/h3-5,8H,6-7H2,1-2H3/b9-8-. The lowest BCUT2D eigenvalue weighted by Gasteiger charge is -2.10. The minimum atomic E-state index is -0.0711. The van der Waals surface area contributed by atoms with Gasteiger partial charge in [-0.25, -0.2) is 0 Å². The highest BCUT2D eigenvalue weighted by Gasteiger charge is 2.23. The minimum Gasteiger partial charge on any atom is -0.504 e.